The van der Waals surface area contributed by atoms with E-state index in [1.54, 1.807) is 0 Å². The quantitative estimate of drug-likeness (QED) is 0.841. The summed E-state index contributed by atoms with van der Waals surface area (Å²) >= 11 is 0. The van der Waals surface area contributed by atoms with Crippen molar-refractivity contribution in [2.75, 3.05) is 40.3 Å². The van der Waals surface area contributed by atoms with Crippen LogP contribution in [0.25, 0.3) is 0 Å². The first-order chi connectivity index (χ1) is 10.2. The van der Waals surface area contributed by atoms with Gasteiger partial charge in [0.1, 0.15) is 0 Å². The highest BCUT2D eigenvalue weighted by Gasteiger charge is 2.30. The predicted octanol–water partition coefficient (Wildman–Crippen LogP) is 2.96. The molecule has 3 heteroatoms. The summed E-state index contributed by atoms with van der Waals surface area (Å²) in [7, 11) is 4.42. The van der Waals surface area contributed by atoms with Crippen LogP contribution in [0.1, 0.15) is 58.3 Å². The first-order valence-electron chi connectivity index (χ1n) is 9.33. The lowest BCUT2D eigenvalue weighted by Crippen LogP contribution is -2.53. The molecule has 1 N–H and O–H groups in total. The second kappa shape index (κ2) is 9.12. The van der Waals surface area contributed by atoms with Crippen LogP contribution in [-0.4, -0.2) is 62.2 Å². The van der Waals surface area contributed by atoms with Crippen LogP contribution in [0.4, 0.5) is 0 Å². The van der Waals surface area contributed by atoms with E-state index in [1.165, 1.54) is 71.0 Å². The average Bonchev–Trinajstić information content (AvgIpc) is 2.43. The van der Waals surface area contributed by atoms with Crippen molar-refractivity contribution in [1.29, 1.82) is 0 Å². The van der Waals surface area contributed by atoms with Crippen molar-refractivity contribution in [3.05, 3.63) is 0 Å². The normalized spacial score (nSPS) is 30.3. The van der Waals surface area contributed by atoms with Crippen molar-refractivity contribution >= 4 is 0 Å². The Labute approximate surface area is 132 Å². The lowest BCUT2D eigenvalue weighted by Gasteiger charge is -2.42. The zero-order valence-electron chi connectivity index (χ0n) is 14.6. The lowest BCUT2D eigenvalue weighted by molar-refractivity contribution is 0.0846. The maximum Gasteiger partial charge on any atom is 0.0249 e. The van der Waals surface area contributed by atoms with Crippen molar-refractivity contribution < 1.29 is 0 Å². The van der Waals surface area contributed by atoms with Crippen molar-refractivity contribution in [3.8, 4) is 0 Å². The zero-order chi connectivity index (χ0) is 15.1. The van der Waals surface area contributed by atoms with Gasteiger partial charge in [-0.15, -0.1) is 0 Å². The van der Waals surface area contributed by atoms with E-state index in [9.17, 15) is 0 Å². The minimum atomic E-state index is 0.737. The molecule has 124 valence electrons. The van der Waals surface area contributed by atoms with Crippen LogP contribution in [0, 0.1) is 5.92 Å². The third-order valence-electron chi connectivity index (χ3n) is 5.44. The number of piperidine rings is 1. The maximum atomic E-state index is 3.79. The topological polar surface area (TPSA) is 18.5 Å². The Morgan fingerprint density at radius 1 is 0.952 bits per heavy atom. The van der Waals surface area contributed by atoms with Crippen LogP contribution in [0.3, 0.4) is 0 Å². The Kier molecular flexibility index (Phi) is 7.48. The van der Waals surface area contributed by atoms with Crippen LogP contribution in [0.5, 0.6) is 0 Å². The van der Waals surface area contributed by atoms with Gasteiger partial charge in [-0.3, -0.25) is 4.90 Å². The fourth-order valence-corrected chi connectivity index (χ4v) is 4.39. The minimum Gasteiger partial charge on any atom is -0.313 e. The van der Waals surface area contributed by atoms with E-state index in [4.69, 9.17) is 0 Å². The first-order valence-corrected chi connectivity index (χ1v) is 9.33. The van der Waals surface area contributed by atoms with Gasteiger partial charge in [0, 0.05) is 18.6 Å². The molecule has 1 aliphatic heterocycles. The van der Waals surface area contributed by atoms with Crippen molar-refractivity contribution in [2.24, 2.45) is 5.92 Å². The molecule has 0 aromatic rings. The molecule has 1 saturated carbocycles. The second-order valence-corrected chi connectivity index (χ2v) is 7.46. The average molecular weight is 296 g/mol. The molecule has 0 radical (unpaired) electrons. The maximum absolute atomic E-state index is 3.79. The van der Waals surface area contributed by atoms with Gasteiger partial charge < -0.3 is 10.2 Å². The lowest BCUT2D eigenvalue weighted by atomic mass is 9.88. The number of likely N-dealkylation sites (N-methyl/N-ethyl adjacent to an activating group) is 1. The fourth-order valence-electron chi connectivity index (χ4n) is 4.39. The molecule has 1 aliphatic carbocycles. The van der Waals surface area contributed by atoms with Crippen LogP contribution in [-0.2, 0) is 0 Å². The van der Waals surface area contributed by atoms with Crippen LogP contribution < -0.4 is 5.32 Å². The molecule has 2 rings (SSSR count). The van der Waals surface area contributed by atoms with Gasteiger partial charge in [-0.2, -0.15) is 0 Å². The molecule has 1 saturated heterocycles. The Balaban J connectivity index is 1.88. The molecule has 0 aromatic heterocycles. The fraction of sp³-hybridized carbons (Fsp3) is 1.00. The molecule has 2 fully saturated rings. The van der Waals surface area contributed by atoms with E-state index >= 15 is 0 Å². The van der Waals surface area contributed by atoms with Crippen LogP contribution >= 0.6 is 0 Å². The van der Waals surface area contributed by atoms with Crippen molar-refractivity contribution in [2.45, 2.75) is 70.4 Å². The summed E-state index contributed by atoms with van der Waals surface area (Å²) in [4.78, 5) is 5.18. The van der Waals surface area contributed by atoms with Crippen molar-refractivity contribution in [3.63, 3.8) is 0 Å². The highest BCUT2D eigenvalue weighted by Crippen LogP contribution is 2.26. The molecule has 0 spiro atoms. The van der Waals surface area contributed by atoms with Gasteiger partial charge in [0.15, 0.2) is 0 Å². The molecule has 3 nitrogen and oxygen atoms in total. The highest BCUT2D eigenvalue weighted by atomic mass is 15.2. The Bertz CT molecular complexity index is 272. The first kappa shape index (κ1) is 17.2. The monoisotopic (exact) mass is 295 g/mol. The SMILES string of the molecule is CCNC1CCCCCCC1N1CCC(CN(C)C)CC1. The van der Waals surface area contributed by atoms with Gasteiger partial charge in [-0.1, -0.05) is 32.6 Å². The van der Waals surface area contributed by atoms with Gasteiger partial charge in [0.2, 0.25) is 0 Å². The second-order valence-electron chi connectivity index (χ2n) is 7.46. The van der Waals surface area contributed by atoms with Gasteiger partial charge in [-0.05, 0) is 65.3 Å². The summed E-state index contributed by atoms with van der Waals surface area (Å²) in [6.07, 6.45) is 11.3. The number of likely N-dealkylation sites (tertiary alicyclic amines) is 1. The smallest absolute Gasteiger partial charge is 0.0249 e. The molecule has 0 bridgehead atoms. The largest absolute Gasteiger partial charge is 0.313 e. The summed E-state index contributed by atoms with van der Waals surface area (Å²) in [6, 6.07) is 1.53. The van der Waals surface area contributed by atoms with E-state index in [0.717, 1.165) is 24.5 Å². The number of hydrogen-bond donors (Lipinski definition) is 1. The highest BCUT2D eigenvalue weighted by molar-refractivity contribution is 4.88. The molecule has 0 amide bonds. The molecule has 2 unspecified atom stereocenters. The van der Waals surface area contributed by atoms with E-state index in [0.29, 0.717) is 0 Å². The third kappa shape index (κ3) is 5.54. The number of nitrogens with zero attached hydrogens (tertiary/aromatic N) is 2. The third-order valence-corrected chi connectivity index (χ3v) is 5.44. The molecule has 2 atom stereocenters. The minimum absolute atomic E-state index is 0.737. The standard InChI is InChI=1S/C18H37N3/c1-4-19-17-9-7-5-6-8-10-18(17)21-13-11-16(12-14-21)15-20(2)3/h16-19H,4-15H2,1-3H3. The molecule has 21 heavy (non-hydrogen) atoms. The molecule has 1 heterocycles. The summed E-state index contributed by atoms with van der Waals surface area (Å²) in [5.41, 5.74) is 0. The predicted molar refractivity (Wildman–Crippen MR) is 91.8 cm³/mol. The Morgan fingerprint density at radius 2 is 1.62 bits per heavy atom. The molecule has 0 aromatic carbocycles. The van der Waals surface area contributed by atoms with Crippen LogP contribution in [0.15, 0.2) is 0 Å². The number of rotatable bonds is 5. The Morgan fingerprint density at radius 3 is 2.24 bits per heavy atom. The summed E-state index contributed by atoms with van der Waals surface area (Å²) in [5, 5.41) is 3.79. The molecular weight excluding hydrogens is 258 g/mol. The molecular formula is C18H37N3. The van der Waals surface area contributed by atoms with Gasteiger partial charge in [0.05, 0.1) is 0 Å². The van der Waals surface area contributed by atoms with Gasteiger partial charge in [0.25, 0.3) is 0 Å². The Hall–Kier alpha value is -0.120. The van der Waals surface area contributed by atoms with E-state index < -0.39 is 0 Å². The summed E-state index contributed by atoms with van der Waals surface area (Å²) in [6.45, 7) is 7.31. The van der Waals surface area contributed by atoms with Gasteiger partial charge in [-0.25, -0.2) is 0 Å². The van der Waals surface area contributed by atoms with E-state index in [1.807, 2.05) is 0 Å². The van der Waals surface area contributed by atoms with Gasteiger partial charge >= 0.3 is 0 Å². The van der Waals surface area contributed by atoms with Crippen molar-refractivity contribution in [1.82, 2.24) is 15.1 Å². The van der Waals surface area contributed by atoms with E-state index in [2.05, 4.69) is 36.1 Å². The number of nitrogens with one attached hydrogen (secondary N) is 1. The summed E-state index contributed by atoms with van der Waals surface area (Å²) < 4.78 is 0. The molecule has 2 aliphatic rings. The zero-order valence-corrected chi connectivity index (χ0v) is 14.6. The number of hydrogen-bond acceptors (Lipinski definition) is 3. The van der Waals surface area contributed by atoms with Crippen LogP contribution in [0.2, 0.25) is 0 Å². The summed E-state index contributed by atoms with van der Waals surface area (Å²) in [5.74, 6) is 0.919. The van der Waals surface area contributed by atoms with E-state index in [-0.39, 0.29) is 0 Å².